The zero-order valence-electron chi connectivity index (χ0n) is 19.5. The van der Waals surface area contributed by atoms with E-state index in [9.17, 15) is 5.26 Å². The molecule has 1 atom stereocenters. The molecule has 2 saturated heterocycles. The van der Waals surface area contributed by atoms with Gasteiger partial charge in [-0.3, -0.25) is 4.99 Å². The predicted molar refractivity (Wildman–Crippen MR) is 129 cm³/mol. The Morgan fingerprint density at radius 2 is 2.13 bits per heavy atom. The highest BCUT2D eigenvalue weighted by Gasteiger charge is 2.35. The molecule has 1 aromatic heterocycles. The molecule has 2 fully saturated rings. The molecule has 3 N–H and O–H groups in total. The van der Waals surface area contributed by atoms with Crippen LogP contribution >= 0.6 is 0 Å². The number of rotatable bonds is 6. The van der Waals surface area contributed by atoms with Crippen LogP contribution in [0, 0.1) is 11.3 Å². The van der Waals surface area contributed by atoms with Crippen molar-refractivity contribution in [2.24, 2.45) is 10.7 Å². The van der Waals surface area contributed by atoms with E-state index in [1.807, 2.05) is 6.92 Å². The van der Waals surface area contributed by atoms with Gasteiger partial charge in [-0.2, -0.15) is 5.26 Å². The number of anilines is 2. The van der Waals surface area contributed by atoms with E-state index in [1.54, 1.807) is 13.1 Å². The second-order valence-electron chi connectivity index (χ2n) is 8.94. The lowest BCUT2D eigenvalue weighted by Crippen LogP contribution is -2.45. The van der Waals surface area contributed by atoms with Crippen molar-refractivity contribution in [1.82, 2.24) is 9.88 Å². The number of aliphatic imine (C=N–C) groups is 1. The second kappa shape index (κ2) is 10.3. The average Bonchev–Trinajstić information content (AvgIpc) is 3.23. The van der Waals surface area contributed by atoms with Crippen molar-refractivity contribution in [1.29, 1.82) is 5.26 Å². The van der Waals surface area contributed by atoms with Crippen molar-refractivity contribution in [3.8, 4) is 6.07 Å². The first-order valence-electron chi connectivity index (χ1n) is 11.5. The maximum atomic E-state index is 9.31. The molecule has 2 aliphatic heterocycles. The van der Waals surface area contributed by atoms with Gasteiger partial charge in [0.1, 0.15) is 17.5 Å². The molecule has 3 rings (SSSR count). The van der Waals surface area contributed by atoms with Crippen LogP contribution in [0.3, 0.4) is 0 Å². The van der Waals surface area contributed by atoms with Gasteiger partial charge in [-0.25, -0.2) is 4.98 Å². The van der Waals surface area contributed by atoms with Crippen LogP contribution in [0.2, 0.25) is 0 Å². The molecule has 1 unspecified atom stereocenters. The number of nitrogens with one attached hydrogen (secondary N) is 1. The average molecular weight is 424 g/mol. The number of hydrogen-bond acceptors (Lipinski definition) is 6. The number of amidine groups is 1. The minimum Gasteiger partial charge on any atom is -0.354 e. The maximum absolute atomic E-state index is 9.31. The summed E-state index contributed by atoms with van der Waals surface area (Å²) in [7, 11) is 3.91. The first-order chi connectivity index (χ1) is 14.9. The van der Waals surface area contributed by atoms with Gasteiger partial charge in [0.05, 0.1) is 6.07 Å². The molecule has 1 aromatic rings. The normalized spacial score (nSPS) is 22.5. The van der Waals surface area contributed by atoms with Gasteiger partial charge < -0.3 is 20.9 Å². The van der Waals surface area contributed by atoms with Gasteiger partial charge in [0.15, 0.2) is 0 Å². The fourth-order valence-corrected chi connectivity index (χ4v) is 4.63. The number of pyridine rings is 1. The minimum atomic E-state index is -0.0375. The summed E-state index contributed by atoms with van der Waals surface area (Å²) in [4.78, 5) is 14.1. The number of nitrogens with two attached hydrogens (primary N) is 1. The van der Waals surface area contributed by atoms with Crippen LogP contribution in [0.25, 0.3) is 0 Å². The molecule has 0 aliphatic carbocycles. The SMILES string of the molecule is CC/C(C#N)=C\C(=NC)Nc1cc(C2(CN)CCN(C)CC2)cc(N2CCCC2C)n1. The van der Waals surface area contributed by atoms with Crippen LogP contribution < -0.4 is 16.0 Å². The second-order valence-corrected chi connectivity index (χ2v) is 8.94. The molecule has 0 amide bonds. The quantitative estimate of drug-likeness (QED) is 0.414. The Balaban J connectivity index is 2.01. The Kier molecular flexibility index (Phi) is 7.69. The molecule has 0 saturated carbocycles. The summed E-state index contributed by atoms with van der Waals surface area (Å²) in [6, 6.07) is 7.11. The summed E-state index contributed by atoms with van der Waals surface area (Å²) in [6.45, 7) is 7.99. The first kappa shape index (κ1) is 23.2. The summed E-state index contributed by atoms with van der Waals surface area (Å²) in [5, 5.41) is 12.7. The van der Waals surface area contributed by atoms with Gasteiger partial charge in [0, 0.05) is 37.2 Å². The summed E-state index contributed by atoms with van der Waals surface area (Å²) >= 11 is 0. The number of nitriles is 1. The molecule has 2 aliphatic rings. The van der Waals surface area contributed by atoms with E-state index in [4.69, 9.17) is 10.7 Å². The van der Waals surface area contributed by atoms with Crippen molar-refractivity contribution in [3.05, 3.63) is 29.3 Å². The number of likely N-dealkylation sites (tertiary alicyclic amines) is 1. The third-order valence-electron chi connectivity index (χ3n) is 6.94. The van der Waals surface area contributed by atoms with Gasteiger partial charge in [-0.1, -0.05) is 6.92 Å². The smallest absolute Gasteiger partial charge is 0.134 e. The Bertz CT molecular complexity index is 859. The lowest BCUT2D eigenvalue weighted by atomic mass is 9.73. The summed E-state index contributed by atoms with van der Waals surface area (Å²) in [5.41, 5.74) is 8.29. The highest BCUT2D eigenvalue weighted by molar-refractivity contribution is 6.04. The number of nitrogens with zero attached hydrogens (tertiary/aromatic N) is 5. The van der Waals surface area contributed by atoms with Crippen LogP contribution in [-0.4, -0.2) is 62.0 Å². The van der Waals surface area contributed by atoms with E-state index in [0.717, 1.165) is 44.1 Å². The minimum absolute atomic E-state index is 0.0375. The maximum Gasteiger partial charge on any atom is 0.134 e. The van der Waals surface area contributed by atoms with E-state index >= 15 is 0 Å². The van der Waals surface area contributed by atoms with Crippen LogP contribution in [0.4, 0.5) is 11.6 Å². The lowest BCUT2D eigenvalue weighted by Gasteiger charge is -2.41. The Hall–Kier alpha value is -2.43. The van der Waals surface area contributed by atoms with E-state index in [2.05, 4.69) is 52.3 Å². The molecule has 7 heteroatoms. The summed E-state index contributed by atoms with van der Waals surface area (Å²) in [6.07, 6.45) is 6.94. The van der Waals surface area contributed by atoms with E-state index in [1.165, 1.54) is 18.4 Å². The van der Waals surface area contributed by atoms with E-state index < -0.39 is 0 Å². The molecule has 0 bridgehead atoms. The summed E-state index contributed by atoms with van der Waals surface area (Å²) < 4.78 is 0. The molecule has 31 heavy (non-hydrogen) atoms. The van der Waals surface area contributed by atoms with Gasteiger partial charge >= 0.3 is 0 Å². The van der Waals surface area contributed by atoms with Crippen LogP contribution in [0.15, 0.2) is 28.8 Å². The Morgan fingerprint density at radius 1 is 1.39 bits per heavy atom. The number of aromatic nitrogens is 1. The van der Waals surface area contributed by atoms with Gasteiger partial charge in [0.2, 0.25) is 0 Å². The zero-order chi connectivity index (χ0) is 22.4. The fourth-order valence-electron chi connectivity index (χ4n) is 4.63. The van der Waals surface area contributed by atoms with Crippen molar-refractivity contribution in [3.63, 3.8) is 0 Å². The molecule has 0 radical (unpaired) electrons. The van der Waals surface area contributed by atoms with Crippen molar-refractivity contribution in [2.45, 2.75) is 57.4 Å². The standard InChI is InChI=1S/C24H37N7/c1-5-19(16-25)13-21(27-3)28-22-14-20(24(17-26)8-11-30(4)12-9-24)15-23(29-22)31-10-6-7-18(31)2/h13-15,18H,5-12,17,26H2,1-4H3,(H,27,28,29)/b19-13+. The molecular formula is C24H37N7. The van der Waals surface area contributed by atoms with Crippen LogP contribution in [0.1, 0.15) is 51.5 Å². The number of allylic oxidation sites excluding steroid dienone is 1. The predicted octanol–water partition coefficient (Wildman–Crippen LogP) is 3.29. The fraction of sp³-hybridized carbons (Fsp3) is 0.625. The highest BCUT2D eigenvalue weighted by atomic mass is 15.2. The number of hydrogen-bond donors (Lipinski definition) is 2. The third kappa shape index (κ3) is 5.25. The zero-order valence-corrected chi connectivity index (χ0v) is 19.5. The number of piperidine rings is 1. The molecule has 0 spiro atoms. The van der Waals surface area contributed by atoms with Crippen LogP contribution in [-0.2, 0) is 5.41 Å². The molecule has 168 valence electrons. The van der Waals surface area contributed by atoms with Gasteiger partial charge in [-0.05, 0) is 82.9 Å². The largest absolute Gasteiger partial charge is 0.354 e. The molecule has 3 heterocycles. The van der Waals surface area contributed by atoms with E-state index in [-0.39, 0.29) is 5.41 Å². The monoisotopic (exact) mass is 423 g/mol. The first-order valence-corrected chi connectivity index (χ1v) is 11.5. The third-order valence-corrected chi connectivity index (χ3v) is 6.94. The molecular weight excluding hydrogens is 386 g/mol. The van der Waals surface area contributed by atoms with Crippen molar-refractivity contribution >= 4 is 17.5 Å². The lowest BCUT2D eigenvalue weighted by molar-refractivity contribution is 0.191. The van der Waals surface area contributed by atoms with Crippen molar-refractivity contribution < 1.29 is 0 Å². The Morgan fingerprint density at radius 3 is 2.68 bits per heavy atom. The van der Waals surface area contributed by atoms with Crippen LogP contribution in [0.5, 0.6) is 0 Å². The van der Waals surface area contributed by atoms with Gasteiger partial charge in [0.25, 0.3) is 0 Å². The van der Waals surface area contributed by atoms with E-state index in [0.29, 0.717) is 30.4 Å². The summed E-state index contributed by atoms with van der Waals surface area (Å²) in [5.74, 6) is 2.42. The molecule has 0 aromatic carbocycles. The highest BCUT2D eigenvalue weighted by Crippen LogP contribution is 2.38. The van der Waals surface area contributed by atoms with Crippen molar-refractivity contribution in [2.75, 3.05) is 50.5 Å². The van der Waals surface area contributed by atoms with Gasteiger partial charge in [-0.15, -0.1) is 0 Å². The topological polar surface area (TPSA) is 93.6 Å². The Labute approximate surface area is 187 Å². The molecule has 7 nitrogen and oxygen atoms in total.